The van der Waals surface area contributed by atoms with Crippen LogP contribution >= 0.6 is 24.0 Å². The maximum Gasteiger partial charge on any atom is 0.191 e. The van der Waals surface area contributed by atoms with Crippen LogP contribution in [0.3, 0.4) is 0 Å². The number of pyridine rings is 1. The summed E-state index contributed by atoms with van der Waals surface area (Å²) in [6, 6.07) is 12.2. The molecule has 0 bridgehead atoms. The average molecular weight is 469 g/mol. The maximum absolute atomic E-state index is 5.62. The van der Waals surface area contributed by atoms with Crippen molar-refractivity contribution in [2.75, 3.05) is 38.1 Å². The first kappa shape index (κ1) is 20.7. The van der Waals surface area contributed by atoms with E-state index >= 15 is 0 Å². The van der Waals surface area contributed by atoms with Crippen LogP contribution < -0.4 is 16.0 Å². The number of fused-ring (bicyclic) bond motifs is 1. The smallest absolute Gasteiger partial charge is 0.191 e. The molecule has 0 amide bonds. The summed E-state index contributed by atoms with van der Waals surface area (Å²) in [4.78, 5) is 9.22. The first-order valence-electron chi connectivity index (χ1n) is 9.08. The summed E-state index contributed by atoms with van der Waals surface area (Å²) >= 11 is 0. The Bertz CT molecular complexity index is 703. The molecule has 1 aromatic carbocycles. The molecule has 0 aliphatic carbocycles. The fourth-order valence-corrected chi connectivity index (χ4v) is 2.86. The summed E-state index contributed by atoms with van der Waals surface area (Å²) in [6.45, 7) is 6.04. The van der Waals surface area contributed by atoms with Gasteiger partial charge in [0.15, 0.2) is 5.96 Å². The van der Waals surface area contributed by atoms with Gasteiger partial charge in [-0.1, -0.05) is 18.2 Å². The Balaban J connectivity index is 0.00000243. The van der Waals surface area contributed by atoms with Crippen LogP contribution in [0, 0.1) is 0 Å². The van der Waals surface area contributed by atoms with Crippen LogP contribution in [0.25, 0.3) is 10.9 Å². The molecule has 2 heterocycles. The van der Waals surface area contributed by atoms with E-state index in [0.29, 0.717) is 0 Å². The van der Waals surface area contributed by atoms with E-state index in [0.717, 1.165) is 68.3 Å². The topological polar surface area (TPSA) is 70.6 Å². The van der Waals surface area contributed by atoms with Gasteiger partial charge in [-0.2, -0.15) is 0 Å². The second kappa shape index (κ2) is 11.2. The molecule has 1 saturated heterocycles. The van der Waals surface area contributed by atoms with E-state index in [9.17, 15) is 0 Å². The summed E-state index contributed by atoms with van der Waals surface area (Å²) in [5.41, 5.74) is 1.01. The van der Waals surface area contributed by atoms with Crippen LogP contribution in [-0.2, 0) is 4.74 Å². The number of guanidine groups is 1. The van der Waals surface area contributed by atoms with Crippen molar-refractivity contribution in [1.29, 1.82) is 0 Å². The number of nitrogens with zero attached hydrogens (tertiary/aromatic N) is 2. The minimum absolute atomic E-state index is 0. The minimum atomic E-state index is 0. The van der Waals surface area contributed by atoms with Crippen LogP contribution in [0.5, 0.6) is 0 Å². The van der Waals surface area contributed by atoms with Gasteiger partial charge in [-0.3, -0.25) is 4.99 Å². The molecule has 0 radical (unpaired) electrons. The number of halogens is 1. The van der Waals surface area contributed by atoms with Crippen LogP contribution in [0.2, 0.25) is 0 Å². The van der Waals surface area contributed by atoms with E-state index in [4.69, 9.17) is 4.74 Å². The molecule has 2 aromatic rings. The largest absolute Gasteiger partial charge is 0.376 e. The number of benzene rings is 1. The van der Waals surface area contributed by atoms with Gasteiger partial charge in [0.25, 0.3) is 0 Å². The Kier molecular flexibility index (Phi) is 8.90. The highest BCUT2D eigenvalue weighted by atomic mass is 127. The van der Waals surface area contributed by atoms with Crippen LogP contribution in [-0.4, -0.2) is 49.8 Å². The van der Waals surface area contributed by atoms with Gasteiger partial charge in [0.05, 0.1) is 18.2 Å². The minimum Gasteiger partial charge on any atom is -0.376 e. The number of ether oxygens (including phenoxy) is 1. The number of rotatable bonds is 7. The number of aliphatic imine (C=N–C) groups is 1. The molecule has 0 spiro atoms. The van der Waals surface area contributed by atoms with Gasteiger partial charge in [-0.05, 0) is 38.0 Å². The van der Waals surface area contributed by atoms with Crippen molar-refractivity contribution >= 4 is 46.7 Å². The Morgan fingerprint density at radius 1 is 1.19 bits per heavy atom. The number of hydrogen-bond acceptors (Lipinski definition) is 4. The van der Waals surface area contributed by atoms with E-state index in [1.54, 1.807) is 0 Å². The van der Waals surface area contributed by atoms with Gasteiger partial charge < -0.3 is 20.7 Å². The second-order valence-electron chi connectivity index (χ2n) is 6.10. The molecule has 1 atom stereocenters. The second-order valence-corrected chi connectivity index (χ2v) is 6.10. The van der Waals surface area contributed by atoms with Crippen LogP contribution in [0.15, 0.2) is 41.4 Å². The number of para-hydroxylation sites is 1. The quantitative estimate of drug-likeness (QED) is 0.252. The molecule has 7 heteroatoms. The maximum atomic E-state index is 5.62. The predicted octanol–water partition coefficient (Wildman–Crippen LogP) is 3.00. The highest BCUT2D eigenvalue weighted by Crippen LogP contribution is 2.14. The molecule has 6 nitrogen and oxygen atoms in total. The molecule has 1 aliphatic heterocycles. The van der Waals surface area contributed by atoms with Crippen molar-refractivity contribution in [2.24, 2.45) is 4.99 Å². The first-order chi connectivity index (χ1) is 12.3. The van der Waals surface area contributed by atoms with Crippen molar-refractivity contribution in [3.8, 4) is 0 Å². The van der Waals surface area contributed by atoms with Gasteiger partial charge in [-0.15, -0.1) is 24.0 Å². The summed E-state index contributed by atoms with van der Waals surface area (Å²) in [5, 5.41) is 11.1. The highest BCUT2D eigenvalue weighted by molar-refractivity contribution is 14.0. The van der Waals surface area contributed by atoms with Gasteiger partial charge in [0.1, 0.15) is 5.82 Å². The van der Waals surface area contributed by atoms with E-state index in [2.05, 4.69) is 45.0 Å². The SMILES string of the molecule is CCNC(=NCC1CCCO1)NCCNc1ccc2ccccc2n1.I. The van der Waals surface area contributed by atoms with E-state index < -0.39 is 0 Å². The summed E-state index contributed by atoms with van der Waals surface area (Å²) in [5.74, 6) is 1.73. The molecule has 0 saturated carbocycles. The van der Waals surface area contributed by atoms with Gasteiger partial charge in [0.2, 0.25) is 0 Å². The molecule has 142 valence electrons. The van der Waals surface area contributed by atoms with Gasteiger partial charge in [0, 0.05) is 31.6 Å². The van der Waals surface area contributed by atoms with Crippen molar-refractivity contribution in [3.05, 3.63) is 36.4 Å². The molecule has 1 fully saturated rings. The monoisotopic (exact) mass is 469 g/mol. The summed E-state index contributed by atoms with van der Waals surface area (Å²) in [6.07, 6.45) is 2.53. The standard InChI is InChI=1S/C19H27N5O.HI/c1-2-20-19(23-14-16-7-5-13-25-16)22-12-11-21-18-10-9-15-6-3-4-8-17(15)24-18;/h3-4,6,8-10,16H,2,5,7,11-14H2,1H3,(H,21,24)(H2,20,22,23);1H. The lowest BCUT2D eigenvalue weighted by atomic mass is 10.2. The van der Waals surface area contributed by atoms with Crippen molar-refractivity contribution in [2.45, 2.75) is 25.9 Å². The summed E-state index contributed by atoms with van der Waals surface area (Å²) < 4.78 is 5.62. The zero-order chi connectivity index (χ0) is 17.3. The fraction of sp³-hybridized carbons (Fsp3) is 0.474. The zero-order valence-electron chi connectivity index (χ0n) is 15.2. The third-order valence-corrected chi connectivity index (χ3v) is 4.14. The van der Waals surface area contributed by atoms with E-state index in [1.807, 2.05) is 24.3 Å². The normalized spacial score (nSPS) is 17.0. The number of aromatic nitrogens is 1. The third-order valence-electron chi connectivity index (χ3n) is 4.14. The molecule has 1 aromatic heterocycles. The van der Waals surface area contributed by atoms with E-state index in [1.165, 1.54) is 0 Å². The first-order valence-corrected chi connectivity index (χ1v) is 9.08. The molecular weight excluding hydrogens is 441 g/mol. The van der Waals surface area contributed by atoms with Crippen molar-refractivity contribution < 1.29 is 4.74 Å². The molecule has 3 rings (SSSR count). The molecule has 3 N–H and O–H groups in total. The lowest BCUT2D eigenvalue weighted by Gasteiger charge is -2.13. The number of hydrogen-bond donors (Lipinski definition) is 3. The van der Waals surface area contributed by atoms with Crippen LogP contribution in [0.4, 0.5) is 5.82 Å². The highest BCUT2D eigenvalue weighted by Gasteiger charge is 2.14. The Morgan fingerprint density at radius 3 is 2.88 bits per heavy atom. The third kappa shape index (κ3) is 6.28. The Hall–Kier alpha value is -1.61. The molecule has 1 aliphatic rings. The summed E-state index contributed by atoms with van der Waals surface area (Å²) in [7, 11) is 0. The number of anilines is 1. The zero-order valence-corrected chi connectivity index (χ0v) is 17.5. The fourth-order valence-electron chi connectivity index (χ4n) is 2.86. The van der Waals surface area contributed by atoms with Crippen molar-refractivity contribution in [3.63, 3.8) is 0 Å². The lowest BCUT2D eigenvalue weighted by molar-refractivity contribution is 0.117. The van der Waals surface area contributed by atoms with Crippen molar-refractivity contribution in [1.82, 2.24) is 15.6 Å². The Labute approximate surface area is 172 Å². The average Bonchev–Trinajstić information content (AvgIpc) is 3.16. The predicted molar refractivity (Wildman–Crippen MR) is 119 cm³/mol. The molecule has 26 heavy (non-hydrogen) atoms. The number of nitrogens with one attached hydrogen (secondary N) is 3. The van der Waals surface area contributed by atoms with Gasteiger partial charge >= 0.3 is 0 Å². The van der Waals surface area contributed by atoms with E-state index in [-0.39, 0.29) is 30.1 Å². The van der Waals surface area contributed by atoms with Crippen LogP contribution in [0.1, 0.15) is 19.8 Å². The Morgan fingerprint density at radius 2 is 2.08 bits per heavy atom. The van der Waals surface area contributed by atoms with Gasteiger partial charge in [-0.25, -0.2) is 4.98 Å². The molecule has 1 unspecified atom stereocenters. The lowest BCUT2D eigenvalue weighted by Crippen LogP contribution is -2.40. The molecular formula is C19H28IN5O.